The molecule has 0 aliphatic carbocycles. The maximum Gasteiger partial charge on any atom is 0.159 e. The van der Waals surface area contributed by atoms with Crippen LogP contribution in [0, 0.1) is 0 Å². The molecule has 0 saturated heterocycles. The van der Waals surface area contributed by atoms with Gasteiger partial charge < -0.3 is 9.32 Å². The molecule has 9 rings (SSSR count). The van der Waals surface area contributed by atoms with Gasteiger partial charge in [0.1, 0.15) is 5.58 Å². The molecular formula is C42H27NOS. The van der Waals surface area contributed by atoms with E-state index in [1.807, 2.05) is 42.5 Å². The highest BCUT2D eigenvalue weighted by atomic mass is 32.1. The van der Waals surface area contributed by atoms with Crippen molar-refractivity contribution in [2.45, 2.75) is 0 Å². The summed E-state index contributed by atoms with van der Waals surface area (Å²) in [5.41, 5.74) is 7.29. The first-order chi connectivity index (χ1) is 24.4. The van der Waals surface area contributed by atoms with Gasteiger partial charge in [0.05, 0.1) is 12.5 Å². The molecule has 212 valence electrons. The second-order valence-corrected chi connectivity index (χ2v) is 12.1. The topological polar surface area (TPSA) is 16.4 Å². The molecule has 0 radical (unpaired) electrons. The second-order valence-electron chi connectivity index (χ2n) is 11.0. The van der Waals surface area contributed by atoms with Gasteiger partial charge in [-0.2, -0.15) is 0 Å². The third-order valence-electron chi connectivity index (χ3n) is 8.38. The van der Waals surface area contributed by atoms with Crippen LogP contribution < -0.4 is 4.90 Å². The maximum atomic E-state index is 8.37. The number of rotatable bonds is 5. The Kier molecular flexibility index (Phi) is 4.94. The number of hydrogen-bond donors (Lipinski definition) is 0. The Hall–Kier alpha value is -5.64. The van der Waals surface area contributed by atoms with Crippen molar-refractivity contribution in [3.63, 3.8) is 0 Å². The smallest absolute Gasteiger partial charge is 0.159 e. The lowest BCUT2D eigenvalue weighted by atomic mass is 10.00. The Morgan fingerprint density at radius 3 is 1.91 bits per heavy atom. The van der Waals surface area contributed by atoms with Gasteiger partial charge in [-0.1, -0.05) is 115 Å². The Labute approximate surface area is 272 Å². The van der Waals surface area contributed by atoms with E-state index < -0.39 is 6.04 Å². The summed E-state index contributed by atoms with van der Waals surface area (Å²) in [4.78, 5) is 2.25. The van der Waals surface area contributed by atoms with Crippen molar-refractivity contribution >= 4 is 70.5 Å². The standard InChI is InChI=1S/C42H27NOS/c1-2-9-28(10-3-1)29-17-19-30(20-18-29)31-21-23-32(24-22-31)43(33-25-26-41-37(27-33)35-12-5-7-16-40(35)45-41)38-14-8-13-36-34-11-4-6-15-39(34)44-42(36)38/h1-27H/i1D,2D,3D,9D,10D. The van der Waals surface area contributed by atoms with Crippen molar-refractivity contribution in [1.29, 1.82) is 0 Å². The van der Waals surface area contributed by atoms with Crippen LogP contribution in [0.5, 0.6) is 0 Å². The molecule has 0 bridgehead atoms. The third kappa shape index (κ3) is 4.40. The molecule has 0 spiro atoms. The fourth-order valence-corrected chi connectivity index (χ4v) is 7.30. The van der Waals surface area contributed by atoms with Crippen LogP contribution in [0.2, 0.25) is 0 Å². The zero-order valence-electron chi connectivity index (χ0n) is 29.0. The van der Waals surface area contributed by atoms with Crippen molar-refractivity contribution in [2.24, 2.45) is 0 Å². The number of benzene rings is 7. The molecule has 9 aromatic rings. The molecule has 0 unspecified atom stereocenters. The predicted molar refractivity (Wildman–Crippen MR) is 192 cm³/mol. The van der Waals surface area contributed by atoms with Crippen LogP contribution in [0.4, 0.5) is 17.1 Å². The van der Waals surface area contributed by atoms with Crippen LogP contribution in [-0.2, 0) is 0 Å². The summed E-state index contributed by atoms with van der Waals surface area (Å²) in [7, 11) is 0. The SMILES string of the molecule is [2H]c1c([2H])c([2H])c(-c2ccc(-c3ccc(N(c4ccc5sc6ccccc6c5c4)c4cccc5c4oc4ccccc45)cc3)cc2)c([2H])c1[2H]. The van der Waals surface area contributed by atoms with E-state index in [0.717, 1.165) is 50.1 Å². The number of hydrogen-bond acceptors (Lipinski definition) is 3. The number of nitrogens with zero attached hydrogens (tertiary/aromatic N) is 1. The van der Waals surface area contributed by atoms with Gasteiger partial charge in [-0.15, -0.1) is 11.3 Å². The number of para-hydroxylation sites is 2. The first-order valence-corrected chi connectivity index (χ1v) is 15.6. The number of furan rings is 1. The van der Waals surface area contributed by atoms with Crippen molar-refractivity contribution in [3.05, 3.63) is 164 Å². The minimum Gasteiger partial charge on any atom is -0.454 e. The van der Waals surface area contributed by atoms with Crippen molar-refractivity contribution in [3.8, 4) is 22.3 Å². The quantitative estimate of drug-likeness (QED) is 0.196. The van der Waals surface area contributed by atoms with Gasteiger partial charge in [-0.3, -0.25) is 0 Å². The highest BCUT2D eigenvalue weighted by Crippen LogP contribution is 2.44. The molecular weight excluding hydrogens is 567 g/mol. The highest BCUT2D eigenvalue weighted by Gasteiger charge is 2.20. The van der Waals surface area contributed by atoms with Crippen LogP contribution >= 0.6 is 11.3 Å². The minimum absolute atomic E-state index is 0.198. The molecule has 0 saturated carbocycles. The highest BCUT2D eigenvalue weighted by molar-refractivity contribution is 7.25. The molecule has 2 nitrogen and oxygen atoms in total. The van der Waals surface area contributed by atoms with Gasteiger partial charge in [0.15, 0.2) is 5.58 Å². The molecule has 0 atom stereocenters. The second kappa shape index (κ2) is 10.5. The zero-order chi connectivity index (χ0) is 34.1. The normalized spacial score (nSPS) is 13.1. The third-order valence-corrected chi connectivity index (χ3v) is 9.53. The summed E-state index contributed by atoms with van der Waals surface area (Å²) >= 11 is 1.80. The van der Waals surface area contributed by atoms with Gasteiger partial charge in [0, 0.05) is 42.3 Å². The van der Waals surface area contributed by atoms with Gasteiger partial charge in [0.25, 0.3) is 0 Å². The van der Waals surface area contributed by atoms with Crippen LogP contribution in [0.15, 0.2) is 168 Å². The number of anilines is 3. The zero-order valence-corrected chi connectivity index (χ0v) is 24.8. The maximum absolute atomic E-state index is 8.37. The van der Waals surface area contributed by atoms with Gasteiger partial charge >= 0.3 is 0 Å². The van der Waals surface area contributed by atoms with E-state index >= 15 is 0 Å². The average molecular weight is 599 g/mol. The predicted octanol–water partition coefficient (Wildman–Crippen LogP) is 12.8. The fraction of sp³-hybridized carbons (Fsp3) is 0. The first-order valence-electron chi connectivity index (χ1n) is 17.3. The summed E-state index contributed by atoms with van der Waals surface area (Å²) in [6, 6.07) is 43.9. The Bertz CT molecular complexity index is 2740. The van der Waals surface area contributed by atoms with Crippen LogP contribution in [0.3, 0.4) is 0 Å². The van der Waals surface area contributed by atoms with E-state index in [0.29, 0.717) is 5.56 Å². The van der Waals surface area contributed by atoms with Crippen LogP contribution in [-0.4, -0.2) is 0 Å². The van der Waals surface area contributed by atoms with E-state index in [1.54, 1.807) is 11.3 Å². The summed E-state index contributed by atoms with van der Waals surface area (Å²) in [5, 5.41) is 4.58. The molecule has 0 amide bonds. The molecule has 3 heteroatoms. The Morgan fingerprint density at radius 1 is 0.489 bits per heavy atom. The Morgan fingerprint density at radius 2 is 1.11 bits per heavy atom. The van der Waals surface area contributed by atoms with Crippen LogP contribution in [0.25, 0.3) is 64.4 Å². The molecule has 0 N–H and O–H groups in total. The van der Waals surface area contributed by atoms with Crippen LogP contribution in [0.1, 0.15) is 6.85 Å². The van der Waals surface area contributed by atoms with Gasteiger partial charge in [0.2, 0.25) is 0 Å². The monoisotopic (exact) mass is 598 g/mol. The summed E-state index contributed by atoms with van der Waals surface area (Å²) in [5.74, 6) is 0. The van der Waals surface area contributed by atoms with Crippen molar-refractivity contribution in [2.75, 3.05) is 4.90 Å². The lowest BCUT2D eigenvalue weighted by Crippen LogP contribution is -2.10. The average Bonchev–Trinajstić information content (AvgIpc) is 3.73. The number of fused-ring (bicyclic) bond motifs is 6. The molecule has 0 aliphatic rings. The van der Waals surface area contributed by atoms with E-state index in [9.17, 15) is 0 Å². The molecule has 45 heavy (non-hydrogen) atoms. The molecule has 0 fully saturated rings. The lowest BCUT2D eigenvalue weighted by Gasteiger charge is -2.26. The molecule has 0 aliphatic heterocycles. The summed E-state index contributed by atoms with van der Waals surface area (Å²) in [6.07, 6.45) is 0. The summed E-state index contributed by atoms with van der Waals surface area (Å²) in [6.45, 7) is 0. The molecule has 2 aromatic heterocycles. The lowest BCUT2D eigenvalue weighted by molar-refractivity contribution is 0.669. The summed E-state index contributed by atoms with van der Waals surface area (Å²) < 4.78 is 49.8. The van der Waals surface area contributed by atoms with E-state index in [2.05, 4.69) is 95.9 Å². The van der Waals surface area contributed by atoms with E-state index in [1.165, 1.54) is 20.2 Å². The largest absolute Gasteiger partial charge is 0.454 e. The first kappa shape index (κ1) is 21.1. The fourth-order valence-electron chi connectivity index (χ4n) is 6.22. The Balaban J connectivity index is 1.16. The number of thiophene rings is 1. The molecule has 2 heterocycles. The van der Waals surface area contributed by atoms with Crippen molar-refractivity contribution < 1.29 is 11.3 Å². The van der Waals surface area contributed by atoms with E-state index in [-0.39, 0.29) is 29.7 Å². The molecule has 7 aromatic carbocycles. The van der Waals surface area contributed by atoms with Crippen molar-refractivity contribution in [1.82, 2.24) is 0 Å². The minimum atomic E-state index is -0.394. The van der Waals surface area contributed by atoms with Gasteiger partial charge in [-0.05, 0) is 70.8 Å². The van der Waals surface area contributed by atoms with E-state index in [4.69, 9.17) is 11.3 Å². The van der Waals surface area contributed by atoms with Gasteiger partial charge in [-0.25, -0.2) is 0 Å².